The minimum Gasteiger partial charge on any atom is -0.384 e. The van der Waals surface area contributed by atoms with Crippen LogP contribution in [0, 0.1) is 36.0 Å². The molecule has 0 aliphatic heterocycles. The molecule has 1 aromatic carbocycles. The Labute approximate surface area is 104 Å². The number of halogens is 5. The molecule has 2 nitrogen and oxygen atoms in total. The molecule has 1 aromatic heterocycles. The maximum atomic E-state index is 13.6. The third-order valence-electron chi connectivity index (χ3n) is 2.60. The fraction of sp³-hybridized carbons (Fsp3) is 0.0833. The van der Waals surface area contributed by atoms with Crippen molar-refractivity contribution in [1.82, 2.24) is 4.98 Å². The van der Waals surface area contributed by atoms with Crippen LogP contribution < -0.4 is 5.73 Å². The number of anilines is 1. The van der Waals surface area contributed by atoms with Gasteiger partial charge in [0, 0.05) is 6.20 Å². The van der Waals surface area contributed by atoms with Gasteiger partial charge in [-0.25, -0.2) is 26.9 Å². The highest BCUT2D eigenvalue weighted by Gasteiger charge is 2.27. The van der Waals surface area contributed by atoms with Crippen LogP contribution in [0.2, 0.25) is 0 Å². The molecule has 2 rings (SSSR count). The average molecular weight is 274 g/mol. The predicted octanol–water partition coefficient (Wildman–Crippen LogP) is 3.33. The Morgan fingerprint density at radius 3 is 1.89 bits per heavy atom. The fourth-order valence-corrected chi connectivity index (χ4v) is 1.65. The van der Waals surface area contributed by atoms with E-state index in [0.29, 0.717) is 0 Å². The first kappa shape index (κ1) is 13.3. The Hall–Kier alpha value is -2.18. The smallest absolute Gasteiger partial charge is 0.200 e. The molecule has 1 heterocycles. The Morgan fingerprint density at radius 2 is 1.37 bits per heavy atom. The van der Waals surface area contributed by atoms with Crippen LogP contribution in [0.25, 0.3) is 11.1 Å². The summed E-state index contributed by atoms with van der Waals surface area (Å²) in [6, 6.07) is 1.05. The summed E-state index contributed by atoms with van der Waals surface area (Å²) in [6.45, 7) is 1.42. The minimum atomic E-state index is -2.20. The number of nitrogens with two attached hydrogens (primary N) is 1. The molecule has 2 aromatic rings. The van der Waals surface area contributed by atoms with Crippen LogP contribution in [-0.4, -0.2) is 4.98 Å². The van der Waals surface area contributed by atoms with E-state index in [4.69, 9.17) is 5.73 Å². The van der Waals surface area contributed by atoms with E-state index in [1.807, 2.05) is 0 Å². The minimum absolute atomic E-state index is 0.0930. The molecule has 0 amide bonds. The highest BCUT2D eigenvalue weighted by atomic mass is 19.2. The maximum absolute atomic E-state index is 13.6. The number of aryl methyl sites for hydroxylation is 1. The summed E-state index contributed by atoms with van der Waals surface area (Å²) in [5, 5.41) is 0. The van der Waals surface area contributed by atoms with Gasteiger partial charge in [0.15, 0.2) is 23.3 Å². The van der Waals surface area contributed by atoms with Crippen molar-refractivity contribution >= 4 is 5.82 Å². The lowest BCUT2D eigenvalue weighted by Gasteiger charge is -2.11. The maximum Gasteiger partial charge on any atom is 0.200 e. The number of hydrogen-bond acceptors (Lipinski definition) is 2. The predicted molar refractivity (Wildman–Crippen MR) is 58.6 cm³/mol. The van der Waals surface area contributed by atoms with Crippen molar-refractivity contribution in [2.24, 2.45) is 0 Å². The number of pyridine rings is 1. The van der Waals surface area contributed by atoms with Crippen molar-refractivity contribution in [2.75, 3.05) is 5.73 Å². The molecular formula is C12H7F5N2. The van der Waals surface area contributed by atoms with E-state index in [1.54, 1.807) is 0 Å². The van der Waals surface area contributed by atoms with Gasteiger partial charge in [0.2, 0.25) is 5.82 Å². The molecule has 0 unspecified atom stereocenters. The first-order valence-electron chi connectivity index (χ1n) is 5.08. The van der Waals surface area contributed by atoms with E-state index in [2.05, 4.69) is 4.98 Å². The van der Waals surface area contributed by atoms with Crippen molar-refractivity contribution in [1.29, 1.82) is 0 Å². The summed E-state index contributed by atoms with van der Waals surface area (Å²) < 4.78 is 66.4. The number of nitrogen functional groups attached to an aromatic ring is 1. The van der Waals surface area contributed by atoms with Crippen LogP contribution in [0.5, 0.6) is 0 Å². The summed E-state index contributed by atoms with van der Waals surface area (Å²) in [4.78, 5) is 3.66. The van der Waals surface area contributed by atoms with Crippen LogP contribution in [-0.2, 0) is 0 Å². The number of benzene rings is 1. The molecule has 19 heavy (non-hydrogen) atoms. The van der Waals surface area contributed by atoms with Crippen LogP contribution in [0.3, 0.4) is 0 Å². The van der Waals surface area contributed by atoms with Crippen molar-refractivity contribution in [3.05, 3.63) is 46.9 Å². The van der Waals surface area contributed by atoms with Crippen LogP contribution in [0.15, 0.2) is 12.3 Å². The van der Waals surface area contributed by atoms with Gasteiger partial charge < -0.3 is 5.73 Å². The Kier molecular flexibility index (Phi) is 3.13. The molecular weight excluding hydrogens is 267 g/mol. The zero-order chi connectivity index (χ0) is 14.3. The molecule has 0 fully saturated rings. The number of nitrogens with zero attached hydrogens (tertiary/aromatic N) is 1. The van der Waals surface area contributed by atoms with Crippen LogP contribution >= 0.6 is 0 Å². The van der Waals surface area contributed by atoms with Gasteiger partial charge in [0.25, 0.3) is 0 Å². The molecule has 100 valence electrons. The zero-order valence-electron chi connectivity index (χ0n) is 9.57. The molecule has 0 saturated heterocycles. The highest BCUT2D eigenvalue weighted by Crippen LogP contribution is 2.33. The summed E-state index contributed by atoms with van der Waals surface area (Å²) >= 11 is 0. The van der Waals surface area contributed by atoms with Crippen molar-refractivity contribution in [2.45, 2.75) is 6.92 Å². The van der Waals surface area contributed by atoms with Gasteiger partial charge >= 0.3 is 0 Å². The van der Waals surface area contributed by atoms with Gasteiger partial charge in [0.1, 0.15) is 5.82 Å². The second kappa shape index (κ2) is 4.49. The van der Waals surface area contributed by atoms with Gasteiger partial charge in [-0.1, -0.05) is 0 Å². The van der Waals surface area contributed by atoms with E-state index in [9.17, 15) is 22.0 Å². The molecule has 0 spiro atoms. The molecule has 0 saturated carbocycles. The van der Waals surface area contributed by atoms with E-state index >= 15 is 0 Å². The molecule has 0 atom stereocenters. The largest absolute Gasteiger partial charge is 0.384 e. The first-order chi connectivity index (χ1) is 8.84. The lowest BCUT2D eigenvalue weighted by Crippen LogP contribution is -2.05. The summed E-state index contributed by atoms with van der Waals surface area (Å²) in [7, 11) is 0. The first-order valence-corrected chi connectivity index (χ1v) is 5.08. The third-order valence-corrected chi connectivity index (χ3v) is 2.60. The highest BCUT2D eigenvalue weighted by molar-refractivity contribution is 5.70. The Balaban J connectivity index is 2.87. The third kappa shape index (κ3) is 2.00. The second-order valence-electron chi connectivity index (χ2n) is 3.87. The van der Waals surface area contributed by atoms with Crippen molar-refractivity contribution < 1.29 is 22.0 Å². The number of hydrogen-bond donors (Lipinski definition) is 1. The monoisotopic (exact) mass is 274 g/mol. The Morgan fingerprint density at radius 1 is 0.895 bits per heavy atom. The number of aromatic nitrogens is 1. The number of rotatable bonds is 1. The topological polar surface area (TPSA) is 38.9 Å². The van der Waals surface area contributed by atoms with Crippen molar-refractivity contribution in [3.8, 4) is 11.1 Å². The van der Waals surface area contributed by atoms with Gasteiger partial charge in [0.05, 0.1) is 5.56 Å². The average Bonchev–Trinajstić information content (AvgIpc) is 2.38. The molecule has 0 aliphatic rings. The normalized spacial score (nSPS) is 10.8. The van der Waals surface area contributed by atoms with E-state index in [1.165, 1.54) is 13.1 Å². The van der Waals surface area contributed by atoms with Gasteiger partial charge in [-0.3, -0.25) is 0 Å². The summed E-state index contributed by atoms with van der Waals surface area (Å²) in [5.74, 6) is -10.1. The van der Waals surface area contributed by atoms with Crippen LogP contribution in [0.1, 0.15) is 5.56 Å². The van der Waals surface area contributed by atoms with Gasteiger partial charge in [-0.2, -0.15) is 0 Å². The second-order valence-corrected chi connectivity index (χ2v) is 3.87. The summed E-state index contributed by atoms with van der Waals surface area (Å²) in [6.07, 6.45) is 1.18. The molecule has 0 aliphatic carbocycles. The van der Waals surface area contributed by atoms with Crippen molar-refractivity contribution in [3.63, 3.8) is 0 Å². The quantitative estimate of drug-likeness (QED) is 0.492. The van der Waals surface area contributed by atoms with Gasteiger partial charge in [-0.05, 0) is 24.1 Å². The lowest BCUT2D eigenvalue weighted by atomic mass is 10.0. The summed E-state index contributed by atoms with van der Waals surface area (Å²) in [5.41, 5.74) is 4.38. The standard InChI is InChI=1S/C12H7F5N2/c1-4-3-19-6(18)2-5(4)7-8(13)10(15)12(17)11(16)9(7)14/h2-3H,1H3,(H2,18,19). The molecule has 7 heteroatoms. The van der Waals surface area contributed by atoms with E-state index < -0.39 is 34.6 Å². The van der Waals surface area contributed by atoms with Crippen LogP contribution in [0.4, 0.5) is 27.8 Å². The lowest BCUT2D eigenvalue weighted by molar-refractivity contribution is 0.381. The van der Waals surface area contributed by atoms with Gasteiger partial charge in [-0.15, -0.1) is 0 Å². The van der Waals surface area contributed by atoms with E-state index in [0.717, 1.165) is 6.07 Å². The SMILES string of the molecule is Cc1cnc(N)cc1-c1c(F)c(F)c(F)c(F)c1F. The molecule has 2 N–H and O–H groups in total. The fourth-order valence-electron chi connectivity index (χ4n) is 1.65. The van der Waals surface area contributed by atoms with E-state index in [-0.39, 0.29) is 16.9 Å². The Bertz CT molecular complexity index is 641. The zero-order valence-corrected chi connectivity index (χ0v) is 9.57. The molecule has 0 radical (unpaired) electrons. The molecule has 0 bridgehead atoms.